The van der Waals surface area contributed by atoms with Crippen LogP contribution in [0.25, 0.3) is 0 Å². The van der Waals surface area contributed by atoms with Gasteiger partial charge in [0, 0.05) is 50.4 Å². The standard InChI is InChI=1S/C14H17N3O2S/c1-15-11(7-13(18)16(2)14(15)19)9-17-5-3-12-10(8-17)4-6-20-12/h4,6-7H,3,5,8-9H2,1-2H3. The lowest BCUT2D eigenvalue weighted by Crippen LogP contribution is -2.40. The Labute approximate surface area is 120 Å². The van der Waals surface area contributed by atoms with E-state index < -0.39 is 0 Å². The molecule has 0 aliphatic carbocycles. The van der Waals surface area contributed by atoms with Crippen molar-refractivity contribution < 1.29 is 0 Å². The van der Waals surface area contributed by atoms with Crippen LogP contribution in [-0.4, -0.2) is 20.6 Å². The Morgan fingerprint density at radius 3 is 2.85 bits per heavy atom. The molecule has 0 radical (unpaired) electrons. The summed E-state index contributed by atoms with van der Waals surface area (Å²) < 4.78 is 2.70. The van der Waals surface area contributed by atoms with Crippen LogP contribution < -0.4 is 11.2 Å². The highest BCUT2D eigenvalue weighted by Crippen LogP contribution is 2.24. The lowest BCUT2D eigenvalue weighted by molar-refractivity contribution is 0.240. The van der Waals surface area contributed by atoms with Crippen LogP contribution in [0, 0.1) is 0 Å². The van der Waals surface area contributed by atoms with Crippen molar-refractivity contribution in [3.05, 3.63) is 54.5 Å². The monoisotopic (exact) mass is 291 g/mol. The molecule has 0 N–H and O–H groups in total. The molecule has 5 nitrogen and oxygen atoms in total. The molecule has 3 rings (SSSR count). The van der Waals surface area contributed by atoms with E-state index in [4.69, 9.17) is 0 Å². The minimum Gasteiger partial charge on any atom is -0.299 e. The van der Waals surface area contributed by atoms with Crippen LogP contribution in [0.15, 0.2) is 27.1 Å². The number of hydrogen-bond acceptors (Lipinski definition) is 4. The molecule has 6 heteroatoms. The third-order valence-corrected chi connectivity index (χ3v) is 4.92. The third kappa shape index (κ3) is 2.25. The van der Waals surface area contributed by atoms with Crippen molar-refractivity contribution in [2.45, 2.75) is 19.5 Å². The topological polar surface area (TPSA) is 47.2 Å². The van der Waals surface area contributed by atoms with Gasteiger partial charge < -0.3 is 0 Å². The van der Waals surface area contributed by atoms with Crippen molar-refractivity contribution in [3.8, 4) is 0 Å². The van der Waals surface area contributed by atoms with Gasteiger partial charge in [0.15, 0.2) is 0 Å². The molecule has 3 heterocycles. The molecule has 0 fully saturated rings. The molecule has 20 heavy (non-hydrogen) atoms. The number of fused-ring (bicyclic) bond motifs is 1. The second-order valence-corrected chi connectivity index (χ2v) is 6.20. The minimum atomic E-state index is -0.263. The summed E-state index contributed by atoms with van der Waals surface area (Å²) >= 11 is 1.81. The van der Waals surface area contributed by atoms with Crippen LogP contribution in [0.5, 0.6) is 0 Å². The first-order valence-corrected chi connectivity index (χ1v) is 7.48. The summed E-state index contributed by atoms with van der Waals surface area (Å²) in [5.41, 5.74) is 1.64. The largest absolute Gasteiger partial charge is 0.330 e. The van der Waals surface area contributed by atoms with Crippen LogP contribution in [-0.2, 0) is 33.6 Å². The van der Waals surface area contributed by atoms with Gasteiger partial charge in [-0.1, -0.05) is 0 Å². The van der Waals surface area contributed by atoms with Crippen molar-refractivity contribution in [3.63, 3.8) is 0 Å². The maximum Gasteiger partial charge on any atom is 0.330 e. The molecule has 0 saturated carbocycles. The SMILES string of the molecule is Cn1c(CN2CCc3sccc3C2)cc(=O)n(C)c1=O. The highest BCUT2D eigenvalue weighted by Gasteiger charge is 2.18. The maximum atomic E-state index is 11.9. The average Bonchev–Trinajstić information content (AvgIpc) is 2.90. The van der Waals surface area contributed by atoms with Gasteiger partial charge in [-0.3, -0.25) is 18.8 Å². The second-order valence-electron chi connectivity index (χ2n) is 5.20. The zero-order chi connectivity index (χ0) is 14.3. The van der Waals surface area contributed by atoms with Gasteiger partial charge in [0.2, 0.25) is 0 Å². The van der Waals surface area contributed by atoms with E-state index >= 15 is 0 Å². The van der Waals surface area contributed by atoms with E-state index in [0.29, 0.717) is 6.54 Å². The van der Waals surface area contributed by atoms with Gasteiger partial charge in [0.25, 0.3) is 5.56 Å². The van der Waals surface area contributed by atoms with Gasteiger partial charge >= 0.3 is 5.69 Å². The summed E-state index contributed by atoms with van der Waals surface area (Å²) in [6.07, 6.45) is 1.05. The first-order chi connectivity index (χ1) is 9.56. The van der Waals surface area contributed by atoms with E-state index in [1.54, 1.807) is 17.7 Å². The third-order valence-electron chi connectivity index (χ3n) is 3.90. The second kappa shape index (κ2) is 5.03. The van der Waals surface area contributed by atoms with Gasteiger partial charge in [-0.05, 0) is 23.4 Å². The lowest BCUT2D eigenvalue weighted by atomic mass is 10.1. The molecule has 0 spiro atoms. The van der Waals surface area contributed by atoms with Gasteiger partial charge in [-0.25, -0.2) is 4.79 Å². The highest BCUT2D eigenvalue weighted by atomic mass is 32.1. The van der Waals surface area contributed by atoms with E-state index in [9.17, 15) is 9.59 Å². The Morgan fingerprint density at radius 1 is 1.25 bits per heavy atom. The van der Waals surface area contributed by atoms with Crippen LogP contribution >= 0.6 is 11.3 Å². The molecule has 0 amide bonds. The van der Waals surface area contributed by atoms with Crippen molar-refractivity contribution in [1.29, 1.82) is 0 Å². The fourth-order valence-electron chi connectivity index (χ4n) is 2.60. The van der Waals surface area contributed by atoms with Crippen LogP contribution in [0.2, 0.25) is 0 Å². The van der Waals surface area contributed by atoms with Crippen LogP contribution in [0.4, 0.5) is 0 Å². The minimum absolute atomic E-state index is 0.240. The smallest absolute Gasteiger partial charge is 0.299 e. The van der Waals surface area contributed by atoms with E-state index in [2.05, 4.69) is 16.3 Å². The molecular formula is C14H17N3O2S. The predicted molar refractivity (Wildman–Crippen MR) is 79.1 cm³/mol. The lowest BCUT2D eigenvalue weighted by Gasteiger charge is -2.27. The number of aromatic nitrogens is 2. The Kier molecular flexibility index (Phi) is 3.35. The summed E-state index contributed by atoms with van der Waals surface area (Å²) in [5.74, 6) is 0. The summed E-state index contributed by atoms with van der Waals surface area (Å²) in [6, 6.07) is 3.72. The van der Waals surface area contributed by atoms with E-state index in [-0.39, 0.29) is 11.2 Å². The molecule has 1 aliphatic heterocycles. The molecule has 0 aromatic carbocycles. The van der Waals surface area contributed by atoms with E-state index in [1.165, 1.54) is 17.5 Å². The molecule has 0 atom stereocenters. The average molecular weight is 291 g/mol. The maximum absolute atomic E-state index is 11.9. The first-order valence-electron chi connectivity index (χ1n) is 6.60. The summed E-state index contributed by atoms with van der Waals surface area (Å²) in [6.45, 7) is 2.50. The van der Waals surface area contributed by atoms with Crippen molar-refractivity contribution in [2.24, 2.45) is 14.1 Å². The number of nitrogens with zero attached hydrogens (tertiary/aromatic N) is 3. The summed E-state index contributed by atoms with van der Waals surface area (Å²) in [7, 11) is 3.23. The van der Waals surface area contributed by atoms with Crippen LogP contribution in [0.3, 0.4) is 0 Å². The zero-order valence-corrected chi connectivity index (χ0v) is 12.4. The van der Waals surface area contributed by atoms with Crippen molar-refractivity contribution in [1.82, 2.24) is 14.0 Å². The van der Waals surface area contributed by atoms with Gasteiger partial charge in [-0.15, -0.1) is 11.3 Å². The Hall–Kier alpha value is -1.66. The van der Waals surface area contributed by atoms with E-state index in [1.807, 2.05) is 11.3 Å². The molecule has 2 aromatic rings. The number of rotatable bonds is 2. The van der Waals surface area contributed by atoms with Crippen molar-refractivity contribution >= 4 is 11.3 Å². The van der Waals surface area contributed by atoms with Crippen LogP contribution in [0.1, 0.15) is 16.1 Å². The number of thiophene rings is 1. The number of hydrogen-bond donors (Lipinski definition) is 0. The Morgan fingerprint density at radius 2 is 2.05 bits per heavy atom. The zero-order valence-electron chi connectivity index (χ0n) is 11.6. The first kappa shape index (κ1) is 13.3. The summed E-state index contributed by atoms with van der Waals surface area (Å²) in [5, 5.41) is 2.13. The molecule has 1 aliphatic rings. The van der Waals surface area contributed by atoms with Gasteiger partial charge in [-0.2, -0.15) is 0 Å². The molecular weight excluding hydrogens is 274 g/mol. The molecule has 0 saturated heterocycles. The quantitative estimate of drug-likeness (QED) is 0.818. The normalized spacial score (nSPS) is 15.3. The Balaban J connectivity index is 1.87. The molecule has 2 aromatic heterocycles. The Bertz CT molecular complexity index is 757. The molecule has 106 valence electrons. The van der Waals surface area contributed by atoms with Crippen molar-refractivity contribution in [2.75, 3.05) is 6.54 Å². The predicted octanol–water partition coefficient (Wildman–Crippen LogP) is 0.704. The fraction of sp³-hybridized carbons (Fsp3) is 0.429. The van der Waals surface area contributed by atoms with Gasteiger partial charge in [0.05, 0.1) is 0 Å². The molecule has 0 bridgehead atoms. The fourth-order valence-corrected chi connectivity index (χ4v) is 3.49. The molecule has 0 unspecified atom stereocenters. The highest BCUT2D eigenvalue weighted by molar-refractivity contribution is 7.10. The van der Waals surface area contributed by atoms with Gasteiger partial charge in [0.1, 0.15) is 0 Å². The van der Waals surface area contributed by atoms with E-state index in [0.717, 1.165) is 29.8 Å². The summed E-state index contributed by atoms with van der Waals surface area (Å²) in [4.78, 5) is 27.4.